The van der Waals surface area contributed by atoms with Crippen molar-refractivity contribution in [3.63, 3.8) is 0 Å². The van der Waals surface area contributed by atoms with Gasteiger partial charge in [0.25, 0.3) is 0 Å². The summed E-state index contributed by atoms with van der Waals surface area (Å²) < 4.78 is 1.13. The molecule has 0 aromatic rings. The van der Waals surface area contributed by atoms with Gasteiger partial charge >= 0.3 is 0 Å². The molecule has 2 aliphatic rings. The zero-order chi connectivity index (χ0) is 9.26. The molecule has 2 atom stereocenters. The Morgan fingerprint density at radius 2 is 2.62 bits per heavy atom. The van der Waals surface area contributed by atoms with E-state index in [1.54, 1.807) is 23.5 Å². The Bertz CT molecular complexity index is 256. The van der Waals surface area contributed by atoms with Crippen LogP contribution in [-0.4, -0.2) is 40.4 Å². The maximum Gasteiger partial charge on any atom is 0.239 e. The van der Waals surface area contributed by atoms with Crippen LogP contribution in [-0.2, 0) is 4.79 Å². The van der Waals surface area contributed by atoms with Gasteiger partial charge in [0.05, 0.1) is 12.6 Å². The summed E-state index contributed by atoms with van der Waals surface area (Å²) in [6, 6.07) is -0.166. The highest BCUT2D eigenvalue weighted by Crippen LogP contribution is 2.23. The lowest BCUT2D eigenvalue weighted by atomic mass is 10.0. The van der Waals surface area contributed by atoms with Crippen molar-refractivity contribution < 1.29 is 4.79 Å². The van der Waals surface area contributed by atoms with Crippen molar-refractivity contribution in [3.05, 3.63) is 0 Å². The fourth-order valence-electron chi connectivity index (χ4n) is 1.16. The molecule has 0 aromatic heterocycles. The van der Waals surface area contributed by atoms with E-state index in [-0.39, 0.29) is 18.0 Å². The molecule has 0 aliphatic carbocycles. The number of carbonyl (C=O) groups is 1. The van der Waals surface area contributed by atoms with E-state index in [1.165, 1.54) is 0 Å². The van der Waals surface area contributed by atoms with Crippen LogP contribution in [0.15, 0.2) is 4.99 Å². The second kappa shape index (κ2) is 3.89. The molecule has 72 valence electrons. The van der Waals surface area contributed by atoms with Gasteiger partial charge in [-0.25, -0.2) is 0 Å². The Labute approximate surface area is 85.1 Å². The number of hydrogen-bond donors (Lipinski definition) is 2. The first-order valence-corrected chi connectivity index (χ1v) is 6.10. The maximum absolute atomic E-state index is 10.8. The molecule has 6 heteroatoms. The van der Waals surface area contributed by atoms with E-state index in [4.69, 9.17) is 5.73 Å². The minimum absolute atomic E-state index is 0.0355. The average molecular weight is 217 g/mol. The SMILES string of the molecule is N[C@@H]1C(=O)N[C@H]1CSC1=NCCS1. The molecule has 3 N–H and O–H groups in total. The number of carbonyl (C=O) groups excluding carboxylic acids is 1. The second-order valence-electron chi connectivity index (χ2n) is 2.95. The number of β-lactam (4-membered cyclic amide) rings is 1. The van der Waals surface area contributed by atoms with Crippen LogP contribution in [0.1, 0.15) is 0 Å². The van der Waals surface area contributed by atoms with Crippen LogP contribution in [0.2, 0.25) is 0 Å². The van der Waals surface area contributed by atoms with E-state index in [2.05, 4.69) is 10.3 Å². The first kappa shape index (κ1) is 9.36. The molecular weight excluding hydrogens is 206 g/mol. The van der Waals surface area contributed by atoms with Gasteiger partial charge in [0.2, 0.25) is 5.91 Å². The fraction of sp³-hybridized carbons (Fsp3) is 0.714. The highest BCUT2D eigenvalue weighted by atomic mass is 32.2. The number of nitrogens with zero attached hydrogens (tertiary/aromatic N) is 1. The predicted molar refractivity (Wildman–Crippen MR) is 57.1 cm³/mol. The van der Waals surface area contributed by atoms with E-state index in [0.717, 1.165) is 22.4 Å². The summed E-state index contributed by atoms with van der Waals surface area (Å²) in [5, 5.41) is 2.77. The molecule has 4 nitrogen and oxygen atoms in total. The highest BCUT2D eigenvalue weighted by Gasteiger charge is 2.35. The summed E-state index contributed by atoms with van der Waals surface area (Å²) in [6.07, 6.45) is 0. The summed E-state index contributed by atoms with van der Waals surface area (Å²) in [4.78, 5) is 15.1. The molecule has 1 amide bonds. The molecule has 1 fully saturated rings. The average Bonchev–Trinajstić information content (AvgIpc) is 2.64. The Balaban J connectivity index is 1.71. The lowest BCUT2D eigenvalue weighted by Gasteiger charge is -2.33. The number of aliphatic imine (C=N–C) groups is 1. The zero-order valence-electron chi connectivity index (χ0n) is 7.03. The second-order valence-corrected chi connectivity index (χ2v) is 5.30. The van der Waals surface area contributed by atoms with Gasteiger partial charge in [-0.3, -0.25) is 9.79 Å². The van der Waals surface area contributed by atoms with Crippen LogP contribution in [0.5, 0.6) is 0 Å². The standard InChI is InChI=1S/C7H11N3OS2/c8-5-4(10-6(5)11)3-13-7-9-1-2-12-7/h4-5H,1-3,8H2,(H,10,11)/t4-,5-/m0/s1. The van der Waals surface area contributed by atoms with Gasteiger partial charge in [0.1, 0.15) is 10.4 Å². The quantitative estimate of drug-likeness (QED) is 0.620. The van der Waals surface area contributed by atoms with E-state index < -0.39 is 0 Å². The molecule has 0 spiro atoms. The largest absolute Gasteiger partial charge is 0.349 e. The highest BCUT2D eigenvalue weighted by molar-refractivity contribution is 8.39. The van der Waals surface area contributed by atoms with Crippen molar-refractivity contribution in [2.24, 2.45) is 10.7 Å². The topological polar surface area (TPSA) is 67.5 Å². The normalized spacial score (nSPS) is 32.4. The molecular formula is C7H11N3OS2. The predicted octanol–water partition coefficient (Wildman–Crippen LogP) is -0.352. The van der Waals surface area contributed by atoms with Crippen LogP contribution < -0.4 is 11.1 Å². The number of nitrogens with one attached hydrogen (secondary N) is 1. The Kier molecular flexibility index (Phi) is 2.80. The fourth-order valence-corrected chi connectivity index (χ4v) is 3.29. The Hall–Kier alpha value is -0.200. The van der Waals surface area contributed by atoms with Gasteiger partial charge in [-0.2, -0.15) is 0 Å². The van der Waals surface area contributed by atoms with Crippen molar-refractivity contribution in [1.82, 2.24) is 5.32 Å². The first-order chi connectivity index (χ1) is 6.27. The summed E-state index contributed by atoms with van der Waals surface area (Å²) in [6.45, 7) is 0.927. The summed E-state index contributed by atoms with van der Waals surface area (Å²) in [5.41, 5.74) is 5.58. The maximum atomic E-state index is 10.8. The minimum atomic E-state index is -0.306. The van der Waals surface area contributed by atoms with Crippen molar-refractivity contribution in [2.75, 3.05) is 18.1 Å². The first-order valence-electron chi connectivity index (χ1n) is 4.13. The van der Waals surface area contributed by atoms with Crippen molar-refractivity contribution >= 4 is 33.8 Å². The van der Waals surface area contributed by atoms with Crippen LogP contribution >= 0.6 is 23.5 Å². The van der Waals surface area contributed by atoms with E-state index in [0.29, 0.717) is 0 Å². The Morgan fingerprint density at radius 3 is 3.15 bits per heavy atom. The number of amides is 1. The summed E-state index contributed by atoms with van der Waals surface area (Å²) >= 11 is 3.47. The third-order valence-corrected chi connectivity index (χ3v) is 4.38. The number of nitrogens with two attached hydrogens (primary N) is 1. The molecule has 0 saturated carbocycles. The van der Waals surface area contributed by atoms with Crippen molar-refractivity contribution in [2.45, 2.75) is 12.1 Å². The molecule has 0 unspecified atom stereocenters. The smallest absolute Gasteiger partial charge is 0.239 e. The van der Waals surface area contributed by atoms with Crippen molar-refractivity contribution in [3.8, 4) is 0 Å². The van der Waals surface area contributed by atoms with Gasteiger partial charge in [0.15, 0.2) is 0 Å². The van der Waals surface area contributed by atoms with Crippen LogP contribution in [0, 0.1) is 0 Å². The molecule has 2 aliphatic heterocycles. The molecule has 0 aromatic carbocycles. The third kappa shape index (κ3) is 2.00. The van der Waals surface area contributed by atoms with E-state index in [9.17, 15) is 4.79 Å². The molecule has 2 rings (SSSR count). The van der Waals surface area contributed by atoms with E-state index >= 15 is 0 Å². The Morgan fingerprint density at radius 1 is 1.77 bits per heavy atom. The monoisotopic (exact) mass is 217 g/mol. The van der Waals surface area contributed by atoms with Gasteiger partial charge in [-0.05, 0) is 0 Å². The number of thioether (sulfide) groups is 2. The molecule has 1 saturated heterocycles. The number of rotatable bonds is 2. The van der Waals surface area contributed by atoms with Gasteiger partial charge < -0.3 is 11.1 Å². The summed E-state index contributed by atoms with van der Waals surface area (Å²) in [5.74, 6) is 1.90. The van der Waals surface area contributed by atoms with E-state index in [1.807, 2.05) is 0 Å². The third-order valence-electron chi connectivity index (χ3n) is 2.01. The molecule has 0 radical (unpaired) electrons. The lowest BCUT2D eigenvalue weighted by molar-refractivity contribution is -0.129. The molecule has 13 heavy (non-hydrogen) atoms. The van der Waals surface area contributed by atoms with Crippen LogP contribution in [0.3, 0.4) is 0 Å². The lowest BCUT2D eigenvalue weighted by Crippen LogP contribution is -2.67. The van der Waals surface area contributed by atoms with Crippen LogP contribution in [0.25, 0.3) is 0 Å². The summed E-state index contributed by atoms with van der Waals surface area (Å²) in [7, 11) is 0. The zero-order valence-corrected chi connectivity index (χ0v) is 8.66. The molecule has 0 bridgehead atoms. The van der Waals surface area contributed by atoms with Gasteiger partial charge in [-0.15, -0.1) is 0 Å². The van der Waals surface area contributed by atoms with Gasteiger partial charge in [-0.1, -0.05) is 23.5 Å². The minimum Gasteiger partial charge on any atom is -0.349 e. The molecule has 2 heterocycles. The van der Waals surface area contributed by atoms with Crippen LogP contribution in [0.4, 0.5) is 0 Å². The van der Waals surface area contributed by atoms with Gasteiger partial charge in [0, 0.05) is 11.5 Å². The van der Waals surface area contributed by atoms with Crippen molar-refractivity contribution in [1.29, 1.82) is 0 Å². The number of hydrogen-bond acceptors (Lipinski definition) is 5.